The Labute approximate surface area is 160 Å². The van der Waals surface area contributed by atoms with Crippen LogP contribution in [0, 0.1) is 0 Å². The molecule has 1 aliphatic rings. The molecule has 1 N–H and O–H groups in total. The fourth-order valence-corrected chi connectivity index (χ4v) is 3.47. The van der Waals surface area contributed by atoms with Gasteiger partial charge in [-0.25, -0.2) is 0 Å². The molecule has 0 bridgehead atoms. The predicted octanol–water partition coefficient (Wildman–Crippen LogP) is 4.09. The molecule has 0 aliphatic carbocycles. The third-order valence-corrected chi connectivity index (χ3v) is 4.90. The minimum atomic E-state index is -0.359. The largest absolute Gasteiger partial charge is 0.497 e. The summed E-state index contributed by atoms with van der Waals surface area (Å²) in [6.45, 7) is 2.65. The van der Waals surface area contributed by atoms with Gasteiger partial charge in [0, 0.05) is 18.7 Å². The van der Waals surface area contributed by atoms with E-state index < -0.39 is 0 Å². The maximum Gasteiger partial charge on any atom is 0.247 e. The number of benzene rings is 2. The van der Waals surface area contributed by atoms with Gasteiger partial charge in [0.2, 0.25) is 11.8 Å². The van der Waals surface area contributed by atoms with E-state index in [0.29, 0.717) is 13.0 Å². The molecule has 1 aliphatic heterocycles. The van der Waals surface area contributed by atoms with Gasteiger partial charge in [0.05, 0.1) is 7.11 Å². The van der Waals surface area contributed by atoms with Gasteiger partial charge in [-0.15, -0.1) is 0 Å². The van der Waals surface area contributed by atoms with Crippen LogP contribution in [0.15, 0.2) is 48.5 Å². The Morgan fingerprint density at radius 2 is 1.93 bits per heavy atom. The van der Waals surface area contributed by atoms with Crippen molar-refractivity contribution < 1.29 is 14.3 Å². The molecule has 5 heteroatoms. The van der Waals surface area contributed by atoms with E-state index in [-0.39, 0.29) is 17.9 Å². The molecular weight excluding hydrogens is 340 g/mol. The van der Waals surface area contributed by atoms with Crippen molar-refractivity contribution in [2.45, 2.75) is 38.6 Å². The van der Waals surface area contributed by atoms with Crippen LogP contribution in [0.5, 0.6) is 5.75 Å². The van der Waals surface area contributed by atoms with Crippen molar-refractivity contribution in [3.05, 3.63) is 48.5 Å². The van der Waals surface area contributed by atoms with Crippen LogP contribution in [0.2, 0.25) is 0 Å². The first-order valence-corrected chi connectivity index (χ1v) is 9.47. The highest BCUT2D eigenvalue weighted by Crippen LogP contribution is 2.26. The number of likely N-dealkylation sites (tertiary alicyclic amines) is 1. The quantitative estimate of drug-likeness (QED) is 0.838. The number of methoxy groups -OCH3 is 1. The molecule has 0 spiro atoms. The fraction of sp³-hybridized carbons (Fsp3) is 0.364. The molecular formula is C22H26N2O3. The van der Waals surface area contributed by atoms with Crippen molar-refractivity contribution in [2.75, 3.05) is 19.0 Å². The van der Waals surface area contributed by atoms with Gasteiger partial charge in [-0.1, -0.05) is 31.2 Å². The maximum atomic E-state index is 12.7. The Morgan fingerprint density at radius 1 is 1.15 bits per heavy atom. The molecule has 1 atom stereocenters. The van der Waals surface area contributed by atoms with Crippen molar-refractivity contribution >= 4 is 17.5 Å². The SMILES string of the molecule is CCCC(=O)N1CCCC1C(=O)Nc1ccc(-c2cccc(OC)c2)cc1. The monoisotopic (exact) mass is 366 g/mol. The van der Waals surface area contributed by atoms with Gasteiger partial charge in [0.1, 0.15) is 11.8 Å². The Hall–Kier alpha value is -2.82. The summed E-state index contributed by atoms with van der Waals surface area (Å²) in [5.41, 5.74) is 2.84. The lowest BCUT2D eigenvalue weighted by atomic mass is 10.0. The Bertz CT molecular complexity index is 801. The summed E-state index contributed by atoms with van der Waals surface area (Å²) in [7, 11) is 1.65. The second-order valence-electron chi connectivity index (χ2n) is 6.79. The van der Waals surface area contributed by atoms with Gasteiger partial charge >= 0.3 is 0 Å². The van der Waals surface area contributed by atoms with Crippen molar-refractivity contribution in [1.29, 1.82) is 0 Å². The Balaban J connectivity index is 1.67. The van der Waals surface area contributed by atoms with Crippen LogP contribution in [0.3, 0.4) is 0 Å². The predicted molar refractivity (Wildman–Crippen MR) is 107 cm³/mol. The molecule has 27 heavy (non-hydrogen) atoms. The van der Waals surface area contributed by atoms with E-state index in [1.54, 1.807) is 12.0 Å². The highest BCUT2D eigenvalue weighted by Gasteiger charge is 2.33. The number of ether oxygens (including phenoxy) is 1. The van der Waals surface area contributed by atoms with Crippen LogP contribution in [0.25, 0.3) is 11.1 Å². The number of rotatable bonds is 6. The molecule has 3 rings (SSSR count). The van der Waals surface area contributed by atoms with Gasteiger partial charge in [-0.3, -0.25) is 9.59 Å². The van der Waals surface area contributed by atoms with Crippen LogP contribution in [-0.4, -0.2) is 36.4 Å². The second-order valence-corrected chi connectivity index (χ2v) is 6.79. The van der Waals surface area contributed by atoms with Crippen molar-refractivity contribution in [3.63, 3.8) is 0 Å². The Kier molecular flexibility index (Phi) is 6.12. The van der Waals surface area contributed by atoms with Gasteiger partial charge in [-0.05, 0) is 54.7 Å². The van der Waals surface area contributed by atoms with Crippen molar-refractivity contribution in [1.82, 2.24) is 4.90 Å². The van der Waals surface area contributed by atoms with E-state index in [0.717, 1.165) is 41.8 Å². The van der Waals surface area contributed by atoms with Crippen molar-refractivity contribution in [3.8, 4) is 16.9 Å². The summed E-state index contributed by atoms with van der Waals surface area (Å²) in [6, 6.07) is 15.2. The third-order valence-electron chi connectivity index (χ3n) is 4.90. The molecule has 5 nitrogen and oxygen atoms in total. The van der Waals surface area contributed by atoms with Crippen LogP contribution in [0.4, 0.5) is 5.69 Å². The van der Waals surface area contributed by atoms with Gasteiger partial charge in [0.25, 0.3) is 0 Å². The maximum absolute atomic E-state index is 12.7. The Morgan fingerprint density at radius 3 is 2.63 bits per heavy atom. The zero-order valence-corrected chi connectivity index (χ0v) is 15.9. The molecule has 2 amide bonds. The third kappa shape index (κ3) is 4.48. The van der Waals surface area contributed by atoms with E-state index in [4.69, 9.17) is 4.74 Å². The number of carbonyl (C=O) groups excluding carboxylic acids is 2. The number of anilines is 1. The van der Waals surface area contributed by atoms with E-state index >= 15 is 0 Å². The number of amides is 2. The van der Waals surface area contributed by atoms with E-state index in [2.05, 4.69) is 5.32 Å². The lowest BCUT2D eigenvalue weighted by Crippen LogP contribution is -2.43. The molecule has 1 unspecified atom stereocenters. The summed E-state index contributed by atoms with van der Waals surface area (Å²) in [6.07, 6.45) is 2.90. The van der Waals surface area contributed by atoms with Crippen LogP contribution >= 0.6 is 0 Å². The van der Waals surface area contributed by atoms with Crippen LogP contribution < -0.4 is 10.1 Å². The standard InChI is InChI=1S/C22H26N2O3/c1-3-6-21(25)24-14-5-9-20(24)22(26)23-18-12-10-16(11-13-18)17-7-4-8-19(15-17)27-2/h4,7-8,10-13,15,20H,3,5-6,9,14H2,1-2H3,(H,23,26). The topological polar surface area (TPSA) is 58.6 Å². The molecule has 0 saturated carbocycles. The first-order valence-electron chi connectivity index (χ1n) is 9.47. The molecule has 1 saturated heterocycles. The number of hydrogen-bond donors (Lipinski definition) is 1. The lowest BCUT2D eigenvalue weighted by molar-refractivity contribution is -0.136. The van der Waals surface area contributed by atoms with Gasteiger partial charge in [-0.2, -0.15) is 0 Å². The molecule has 142 valence electrons. The molecule has 0 radical (unpaired) electrons. The second kappa shape index (κ2) is 8.71. The van der Waals surface area contributed by atoms with Gasteiger partial charge in [0.15, 0.2) is 0 Å². The first-order chi connectivity index (χ1) is 13.1. The summed E-state index contributed by atoms with van der Waals surface area (Å²) < 4.78 is 5.27. The van der Waals surface area contributed by atoms with E-state index in [9.17, 15) is 9.59 Å². The number of nitrogens with zero attached hydrogens (tertiary/aromatic N) is 1. The zero-order chi connectivity index (χ0) is 19.2. The van der Waals surface area contributed by atoms with Gasteiger partial charge < -0.3 is 15.0 Å². The normalized spacial score (nSPS) is 16.2. The fourth-order valence-electron chi connectivity index (χ4n) is 3.47. The first kappa shape index (κ1) is 19.0. The highest BCUT2D eigenvalue weighted by molar-refractivity contribution is 5.97. The summed E-state index contributed by atoms with van der Waals surface area (Å²) in [5, 5.41) is 2.95. The number of carbonyl (C=O) groups is 2. The minimum Gasteiger partial charge on any atom is -0.497 e. The van der Waals surface area contributed by atoms with Crippen LogP contribution in [-0.2, 0) is 9.59 Å². The molecule has 2 aromatic rings. The molecule has 1 fully saturated rings. The van der Waals surface area contributed by atoms with Crippen molar-refractivity contribution in [2.24, 2.45) is 0 Å². The summed E-state index contributed by atoms with van der Waals surface area (Å²) >= 11 is 0. The number of nitrogens with one attached hydrogen (secondary N) is 1. The van der Waals surface area contributed by atoms with Crippen LogP contribution in [0.1, 0.15) is 32.6 Å². The average molecular weight is 366 g/mol. The summed E-state index contributed by atoms with van der Waals surface area (Å²) in [4.78, 5) is 26.6. The van der Waals surface area contributed by atoms with E-state index in [1.165, 1.54) is 0 Å². The zero-order valence-electron chi connectivity index (χ0n) is 15.9. The summed E-state index contributed by atoms with van der Waals surface area (Å²) in [5.74, 6) is 0.776. The lowest BCUT2D eigenvalue weighted by Gasteiger charge is -2.24. The molecule has 2 aromatic carbocycles. The average Bonchev–Trinajstić information content (AvgIpc) is 3.19. The smallest absolute Gasteiger partial charge is 0.247 e. The van der Waals surface area contributed by atoms with E-state index in [1.807, 2.05) is 55.5 Å². The molecule has 0 aromatic heterocycles. The molecule has 1 heterocycles. The minimum absolute atomic E-state index is 0.0727. The number of hydrogen-bond acceptors (Lipinski definition) is 3. The highest BCUT2D eigenvalue weighted by atomic mass is 16.5.